The third-order valence-electron chi connectivity index (χ3n) is 5.03. The number of carbonyl (C=O) groups is 2. The zero-order valence-electron chi connectivity index (χ0n) is 15.2. The summed E-state index contributed by atoms with van der Waals surface area (Å²) in [6.07, 6.45) is 2.51. The standard InChI is InChI=1S/C19H19FN6O2/c1-11-6-14(20)9-25(11)17(27)10-26-16-3-2-12(13-4-5-22-23-8-13)7-15(16)18(24-26)19(21)28/h2-5,7-8,11,14H,6,9-10H2,1H3,(H2,21,28)/t11-,14-/m1/s1. The molecule has 144 valence electrons. The number of amides is 2. The molecular formula is C19H19FN6O2. The highest BCUT2D eigenvalue weighted by atomic mass is 19.1. The van der Waals surface area contributed by atoms with Crippen molar-refractivity contribution in [1.82, 2.24) is 24.9 Å². The van der Waals surface area contributed by atoms with Crippen molar-refractivity contribution in [3.63, 3.8) is 0 Å². The molecule has 2 N–H and O–H groups in total. The number of rotatable bonds is 4. The van der Waals surface area contributed by atoms with Gasteiger partial charge in [0.2, 0.25) is 5.91 Å². The monoisotopic (exact) mass is 382 g/mol. The summed E-state index contributed by atoms with van der Waals surface area (Å²) in [4.78, 5) is 26.1. The van der Waals surface area contributed by atoms with Crippen LogP contribution in [0, 0.1) is 0 Å². The van der Waals surface area contributed by atoms with Crippen molar-refractivity contribution in [3.05, 3.63) is 42.4 Å². The molecule has 1 aliphatic heterocycles. The molecule has 1 aromatic carbocycles. The van der Waals surface area contributed by atoms with Gasteiger partial charge < -0.3 is 10.6 Å². The number of aromatic nitrogens is 4. The number of halogens is 1. The fraction of sp³-hybridized carbons (Fsp3) is 0.316. The van der Waals surface area contributed by atoms with E-state index in [0.29, 0.717) is 17.3 Å². The number of hydrogen-bond donors (Lipinski definition) is 1. The second kappa shape index (κ2) is 6.99. The maximum absolute atomic E-state index is 13.6. The van der Waals surface area contributed by atoms with Crippen molar-refractivity contribution in [1.29, 1.82) is 0 Å². The molecule has 28 heavy (non-hydrogen) atoms. The lowest BCUT2D eigenvalue weighted by Gasteiger charge is -2.21. The predicted molar refractivity (Wildman–Crippen MR) is 100.0 cm³/mol. The van der Waals surface area contributed by atoms with Crippen LogP contribution >= 0.6 is 0 Å². The largest absolute Gasteiger partial charge is 0.364 e. The van der Waals surface area contributed by atoms with Gasteiger partial charge in [-0.3, -0.25) is 14.3 Å². The van der Waals surface area contributed by atoms with E-state index < -0.39 is 12.1 Å². The third-order valence-corrected chi connectivity index (χ3v) is 5.03. The normalized spacial score (nSPS) is 19.3. The summed E-state index contributed by atoms with van der Waals surface area (Å²) in [6.45, 7) is 1.82. The molecule has 1 saturated heterocycles. The number of nitrogens with zero attached hydrogens (tertiary/aromatic N) is 5. The molecule has 0 aliphatic carbocycles. The molecule has 9 heteroatoms. The zero-order chi connectivity index (χ0) is 19.8. The lowest BCUT2D eigenvalue weighted by Crippen LogP contribution is -2.36. The van der Waals surface area contributed by atoms with Gasteiger partial charge in [-0.2, -0.15) is 15.3 Å². The Bertz CT molecular complexity index is 1050. The fourth-order valence-electron chi connectivity index (χ4n) is 3.65. The molecular weight excluding hydrogens is 363 g/mol. The van der Waals surface area contributed by atoms with Crippen LogP contribution in [-0.4, -0.2) is 55.5 Å². The van der Waals surface area contributed by atoms with Crippen LogP contribution in [0.4, 0.5) is 4.39 Å². The van der Waals surface area contributed by atoms with E-state index in [-0.39, 0.29) is 30.7 Å². The van der Waals surface area contributed by atoms with Crippen molar-refractivity contribution in [3.8, 4) is 11.1 Å². The fourth-order valence-corrected chi connectivity index (χ4v) is 3.65. The van der Waals surface area contributed by atoms with Crippen LogP contribution in [0.5, 0.6) is 0 Å². The number of nitrogens with two attached hydrogens (primary N) is 1. The highest BCUT2D eigenvalue weighted by Gasteiger charge is 2.32. The first kappa shape index (κ1) is 18.0. The number of carbonyl (C=O) groups excluding carboxylic acids is 2. The van der Waals surface area contributed by atoms with Gasteiger partial charge >= 0.3 is 0 Å². The molecule has 4 rings (SSSR count). The molecule has 0 radical (unpaired) electrons. The van der Waals surface area contributed by atoms with Crippen molar-refractivity contribution >= 4 is 22.7 Å². The van der Waals surface area contributed by atoms with E-state index in [0.717, 1.165) is 11.1 Å². The molecule has 0 saturated carbocycles. The Kier molecular flexibility index (Phi) is 4.50. The molecule has 2 atom stereocenters. The summed E-state index contributed by atoms with van der Waals surface area (Å²) in [7, 11) is 0. The maximum Gasteiger partial charge on any atom is 0.269 e. The van der Waals surface area contributed by atoms with Crippen LogP contribution < -0.4 is 5.73 Å². The van der Waals surface area contributed by atoms with E-state index in [2.05, 4.69) is 15.3 Å². The lowest BCUT2D eigenvalue weighted by molar-refractivity contribution is -0.132. The summed E-state index contributed by atoms with van der Waals surface area (Å²) in [5.74, 6) is -0.921. The Labute approximate surface area is 160 Å². The SMILES string of the molecule is C[C@@H]1C[C@@H](F)CN1C(=O)Cn1nc(C(N)=O)c2cc(-c3ccnnc3)ccc21. The Morgan fingerprint density at radius 1 is 1.25 bits per heavy atom. The van der Waals surface area contributed by atoms with Gasteiger partial charge in [0.05, 0.1) is 24.5 Å². The number of hydrogen-bond acceptors (Lipinski definition) is 5. The van der Waals surface area contributed by atoms with Gasteiger partial charge in [-0.05, 0) is 30.7 Å². The third kappa shape index (κ3) is 3.19. The van der Waals surface area contributed by atoms with E-state index >= 15 is 0 Å². The smallest absolute Gasteiger partial charge is 0.269 e. The first-order valence-electron chi connectivity index (χ1n) is 8.95. The highest BCUT2D eigenvalue weighted by molar-refractivity contribution is 6.05. The molecule has 1 fully saturated rings. The number of primary amides is 1. The summed E-state index contributed by atoms with van der Waals surface area (Å²) in [5.41, 5.74) is 7.84. The second-order valence-electron chi connectivity index (χ2n) is 6.96. The predicted octanol–water partition coefficient (Wildman–Crippen LogP) is 1.55. The minimum absolute atomic E-state index is 0.0844. The Balaban J connectivity index is 1.71. The Hall–Kier alpha value is -3.36. The van der Waals surface area contributed by atoms with Crippen molar-refractivity contribution in [2.45, 2.75) is 32.1 Å². The van der Waals surface area contributed by atoms with Gasteiger partial charge in [-0.15, -0.1) is 0 Å². The Morgan fingerprint density at radius 3 is 2.71 bits per heavy atom. The van der Waals surface area contributed by atoms with Crippen LogP contribution in [0.25, 0.3) is 22.0 Å². The number of fused-ring (bicyclic) bond motifs is 1. The second-order valence-corrected chi connectivity index (χ2v) is 6.96. The van der Waals surface area contributed by atoms with Crippen LogP contribution in [-0.2, 0) is 11.3 Å². The highest BCUT2D eigenvalue weighted by Crippen LogP contribution is 2.27. The van der Waals surface area contributed by atoms with Crippen LogP contribution in [0.2, 0.25) is 0 Å². The minimum atomic E-state index is -1.01. The number of alkyl halides is 1. The molecule has 3 aromatic rings. The minimum Gasteiger partial charge on any atom is -0.364 e. The first-order valence-corrected chi connectivity index (χ1v) is 8.95. The summed E-state index contributed by atoms with van der Waals surface area (Å²) in [5, 5.41) is 12.4. The van der Waals surface area contributed by atoms with Gasteiger partial charge in [0.25, 0.3) is 5.91 Å². The van der Waals surface area contributed by atoms with Crippen LogP contribution in [0.3, 0.4) is 0 Å². The molecule has 1 aliphatic rings. The van der Waals surface area contributed by atoms with Gasteiger partial charge in [0.15, 0.2) is 5.69 Å². The van der Waals surface area contributed by atoms with Gasteiger partial charge in [-0.1, -0.05) is 6.07 Å². The number of benzene rings is 1. The molecule has 0 bridgehead atoms. The van der Waals surface area contributed by atoms with Crippen LogP contribution in [0.1, 0.15) is 23.8 Å². The molecule has 0 unspecified atom stereocenters. The summed E-state index contributed by atoms with van der Waals surface area (Å²) >= 11 is 0. The quantitative estimate of drug-likeness (QED) is 0.737. The van der Waals surface area contributed by atoms with E-state index in [4.69, 9.17) is 5.73 Å². The average Bonchev–Trinajstić information content (AvgIpc) is 3.21. The average molecular weight is 382 g/mol. The summed E-state index contributed by atoms with van der Waals surface area (Å²) in [6, 6.07) is 7.06. The zero-order valence-corrected chi connectivity index (χ0v) is 15.2. The molecule has 3 heterocycles. The van der Waals surface area contributed by atoms with E-state index in [1.807, 2.05) is 13.0 Å². The Morgan fingerprint density at radius 2 is 2.07 bits per heavy atom. The molecule has 2 amide bonds. The first-order chi connectivity index (χ1) is 13.4. The maximum atomic E-state index is 13.6. The van der Waals surface area contributed by atoms with Crippen molar-refractivity contribution in [2.75, 3.05) is 6.54 Å². The van der Waals surface area contributed by atoms with Gasteiger partial charge in [0.1, 0.15) is 12.7 Å². The van der Waals surface area contributed by atoms with Gasteiger partial charge in [-0.25, -0.2) is 4.39 Å². The molecule has 8 nitrogen and oxygen atoms in total. The topological polar surface area (TPSA) is 107 Å². The van der Waals surface area contributed by atoms with Crippen molar-refractivity contribution < 1.29 is 14.0 Å². The van der Waals surface area contributed by atoms with Gasteiger partial charge in [0, 0.05) is 23.4 Å². The lowest BCUT2D eigenvalue weighted by atomic mass is 10.0. The van der Waals surface area contributed by atoms with Crippen molar-refractivity contribution in [2.24, 2.45) is 5.73 Å². The molecule has 0 spiro atoms. The number of likely N-dealkylation sites (tertiary alicyclic amines) is 1. The van der Waals surface area contributed by atoms with E-state index in [9.17, 15) is 14.0 Å². The van der Waals surface area contributed by atoms with E-state index in [1.165, 1.54) is 9.58 Å². The summed E-state index contributed by atoms with van der Waals surface area (Å²) < 4.78 is 15.1. The van der Waals surface area contributed by atoms with E-state index in [1.54, 1.807) is 30.6 Å². The molecule has 2 aromatic heterocycles. The van der Waals surface area contributed by atoms with Crippen LogP contribution in [0.15, 0.2) is 36.7 Å².